The molecule has 0 fully saturated rings. The van der Waals surface area contributed by atoms with E-state index in [-0.39, 0.29) is 116 Å². The molecule has 0 aliphatic heterocycles. The van der Waals surface area contributed by atoms with Crippen molar-refractivity contribution in [2.24, 2.45) is 0 Å². The van der Waals surface area contributed by atoms with Gasteiger partial charge in [-0.2, -0.15) is 21.6 Å². The second-order valence-electron chi connectivity index (χ2n) is 10.3. The molecule has 20 heteroatoms. The number of hydrogen-bond acceptors (Lipinski definition) is 12. The smallest absolute Gasteiger partial charge is 1.00 e. The van der Waals surface area contributed by atoms with E-state index in [1.165, 1.54) is 12.1 Å². The van der Waals surface area contributed by atoms with Gasteiger partial charge in [-0.05, 0) is 79.7 Å². The normalized spacial score (nSPS) is 10.5. The van der Waals surface area contributed by atoms with Crippen LogP contribution in [0.5, 0.6) is 11.5 Å². The van der Waals surface area contributed by atoms with Crippen LogP contribution in [0, 0.1) is 0 Å². The Hall–Kier alpha value is -1.02. The number of ether oxygens (including phenoxy) is 3. The summed E-state index contributed by atoms with van der Waals surface area (Å²) in [6.07, 6.45) is -1.00. The summed E-state index contributed by atoms with van der Waals surface area (Å²) in [5.74, 6) is 0.824. The molecule has 0 aliphatic carbocycles. The van der Waals surface area contributed by atoms with Gasteiger partial charge in [0, 0.05) is 23.5 Å². The Morgan fingerprint density at radius 2 is 1.27 bits per heavy atom. The number of phenolic OH excluding ortho intramolecular Hbond substituents is 1. The van der Waals surface area contributed by atoms with E-state index >= 15 is 0 Å². The van der Waals surface area contributed by atoms with Gasteiger partial charge in [0.05, 0.1) is 13.2 Å². The van der Waals surface area contributed by atoms with Crippen LogP contribution in [0.25, 0.3) is 0 Å². The van der Waals surface area contributed by atoms with E-state index in [1.54, 1.807) is 45.0 Å². The molecule has 0 spiro atoms. The molecular formula is C28H41F3K2N2O12S. The van der Waals surface area contributed by atoms with Crippen LogP contribution in [0.1, 0.15) is 56.8 Å². The van der Waals surface area contributed by atoms with E-state index in [9.17, 15) is 31.2 Å². The molecule has 0 aromatic heterocycles. The van der Waals surface area contributed by atoms with Crippen LogP contribution < -0.4 is 123 Å². The van der Waals surface area contributed by atoms with Gasteiger partial charge in [-0.3, -0.25) is 19.6 Å². The molecule has 0 radical (unpaired) electrons. The van der Waals surface area contributed by atoms with Gasteiger partial charge in [0.15, 0.2) is 0 Å². The zero-order valence-electron chi connectivity index (χ0n) is 29.6. The standard InChI is InChI=1S/C13H19NO3.C11H15NO3.C3H5F3O3S.CH2O3.2K.H/c1-5-16-11-8-6-7-10(9-11)14-12(15)17-13(2,3)4;1-11(2,3)15-10(14)12-8-5-4-6-9(13)7-8;1-2-9-10(7,8)3(4,5)6;2-1-4-3;;;/h6-9H,5H2,1-4H3,(H,14,15);4-7,13H,1-3H3,(H,12,14);2H2,1H3;1,3H;;;/q;;;;2*+1;-1/p-1. The molecule has 14 nitrogen and oxygen atoms in total. The largest absolute Gasteiger partial charge is 1.00 e. The molecule has 48 heavy (non-hydrogen) atoms. The van der Waals surface area contributed by atoms with Gasteiger partial charge in [0.2, 0.25) is 0 Å². The van der Waals surface area contributed by atoms with E-state index in [2.05, 4.69) is 19.7 Å². The van der Waals surface area contributed by atoms with Crippen molar-refractivity contribution in [1.29, 1.82) is 0 Å². The fourth-order valence-electron chi connectivity index (χ4n) is 2.48. The second-order valence-corrected chi connectivity index (χ2v) is 11.9. The van der Waals surface area contributed by atoms with Crippen molar-refractivity contribution >= 4 is 40.2 Å². The number of alkyl halides is 3. The first-order valence-corrected chi connectivity index (χ1v) is 14.6. The number of carbonyl (C=O) groups excluding carboxylic acids is 3. The quantitative estimate of drug-likeness (QED) is 0.0825. The van der Waals surface area contributed by atoms with Gasteiger partial charge < -0.3 is 30.9 Å². The van der Waals surface area contributed by atoms with E-state index in [4.69, 9.17) is 29.4 Å². The van der Waals surface area contributed by atoms with Crippen molar-refractivity contribution in [1.82, 2.24) is 0 Å². The summed E-state index contributed by atoms with van der Waals surface area (Å²) in [6, 6.07) is 13.5. The SMILES string of the molecule is CC(C)(C)OC(=O)Nc1cccc(O)c1.CCOS(=O)(=O)C(F)(F)F.CCOc1cccc(NC(=O)OC(C)(C)C)c1.O=CO[O-].[H-].[K+].[K+]. The van der Waals surface area contributed by atoms with Crippen molar-refractivity contribution in [2.75, 3.05) is 23.8 Å². The summed E-state index contributed by atoms with van der Waals surface area (Å²) in [5, 5.41) is 22.8. The van der Waals surface area contributed by atoms with Crippen molar-refractivity contribution in [3.63, 3.8) is 0 Å². The van der Waals surface area contributed by atoms with Crippen LogP contribution in [0.2, 0.25) is 0 Å². The molecule has 264 valence electrons. The topological polar surface area (TPSA) is 199 Å². The van der Waals surface area contributed by atoms with Gasteiger partial charge in [-0.15, -0.1) is 0 Å². The predicted octanol–water partition coefficient (Wildman–Crippen LogP) is -0.401. The summed E-state index contributed by atoms with van der Waals surface area (Å²) >= 11 is 0. The van der Waals surface area contributed by atoms with E-state index in [1.807, 2.05) is 39.8 Å². The first-order valence-electron chi connectivity index (χ1n) is 13.2. The zero-order valence-corrected chi connectivity index (χ0v) is 35.7. The Balaban J connectivity index is -0.000000186. The number of amides is 2. The molecule has 2 aromatic rings. The molecular weight excluding hydrogens is 724 g/mol. The van der Waals surface area contributed by atoms with Crippen LogP contribution in [0.15, 0.2) is 48.5 Å². The van der Waals surface area contributed by atoms with Gasteiger partial charge >= 0.3 is 131 Å². The van der Waals surface area contributed by atoms with Crippen LogP contribution >= 0.6 is 0 Å². The van der Waals surface area contributed by atoms with Crippen LogP contribution in [-0.2, 0) is 33.5 Å². The van der Waals surface area contributed by atoms with Gasteiger partial charge in [-0.25, -0.2) is 9.59 Å². The fraction of sp³-hybridized carbons (Fsp3) is 0.464. The molecule has 2 rings (SSSR count). The number of hydrogen-bond donors (Lipinski definition) is 3. The summed E-state index contributed by atoms with van der Waals surface area (Å²) in [4.78, 5) is 34.1. The molecule has 0 aliphatic rings. The number of rotatable bonds is 7. The van der Waals surface area contributed by atoms with Crippen molar-refractivity contribution < 1.29 is 174 Å². The number of halogens is 3. The second kappa shape index (κ2) is 26.7. The molecule has 0 saturated carbocycles. The molecule has 0 bridgehead atoms. The van der Waals surface area contributed by atoms with Crippen molar-refractivity contribution in [3.8, 4) is 11.5 Å². The molecule has 0 saturated heterocycles. The fourth-order valence-corrected chi connectivity index (χ4v) is 2.92. The molecule has 0 unspecified atom stereocenters. The van der Waals surface area contributed by atoms with Gasteiger partial charge in [-0.1, -0.05) is 12.1 Å². The Labute approximate surface area is 365 Å². The Bertz CT molecular complexity index is 1330. The van der Waals surface area contributed by atoms with E-state index < -0.39 is 45.6 Å². The number of aromatic hydroxyl groups is 1. The molecule has 2 aromatic carbocycles. The summed E-state index contributed by atoms with van der Waals surface area (Å²) < 4.78 is 72.7. The average Bonchev–Trinajstić information content (AvgIpc) is 2.87. The Morgan fingerprint density at radius 1 is 0.854 bits per heavy atom. The van der Waals surface area contributed by atoms with Crippen molar-refractivity contribution in [2.45, 2.75) is 72.1 Å². The summed E-state index contributed by atoms with van der Waals surface area (Å²) in [5.41, 5.74) is -5.17. The molecule has 0 atom stereocenters. The van der Waals surface area contributed by atoms with Crippen molar-refractivity contribution in [3.05, 3.63) is 48.5 Å². The predicted molar refractivity (Wildman–Crippen MR) is 160 cm³/mol. The van der Waals surface area contributed by atoms with Crippen LogP contribution in [-0.4, -0.2) is 62.1 Å². The maximum absolute atomic E-state index is 11.5. The minimum atomic E-state index is -5.35. The molecule has 2 amide bonds. The summed E-state index contributed by atoms with van der Waals surface area (Å²) in [7, 11) is -5.35. The molecule has 3 N–H and O–H groups in total. The third-order valence-corrected chi connectivity index (χ3v) is 4.99. The minimum absolute atomic E-state index is 0. The number of carbonyl (C=O) groups is 3. The minimum Gasteiger partial charge on any atom is -1.00 e. The van der Waals surface area contributed by atoms with Crippen LogP contribution in [0.4, 0.5) is 34.1 Å². The third-order valence-electron chi connectivity index (χ3n) is 3.88. The monoisotopic (exact) mass is 764 g/mol. The van der Waals surface area contributed by atoms with E-state index in [0.29, 0.717) is 18.0 Å². The van der Waals surface area contributed by atoms with Gasteiger partial charge in [0.25, 0.3) is 6.47 Å². The Kier molecular flexibility index (Phi) is 30.0. The maximum Gasteiger partial charge on any atom is 1.00 e. The average molecular weight is 765 g/mol. The maximum atomic E-state index is 11.5. The number of benzene rings is 2. The number of anilines is 2. The molecule has 0 heterocycles. The summed E-state index contributed by atoms with van der Waals surface area (Å²) in [6.45, 7) is 13.8. The van der Waals surface area contributed by atoms with Crippen LogP contribution in [0.3, 0.4) is 0 Å². The zero-order chi connectivity index (χ0) is 36.2. The number of phenols is 1. The van der Waals surface area contributed by atoms with Gasteiger partial charge in [0.1, 0.15) is 22.7 Å². The number of nitrogens with one attached hydrogen (secondary N) is 2. The first kappa shape index (κ1) is 53.8. The first-order chi connectivity index (χ1) is 21.0. The third kappa shape index (κ3) is 29.9. The Morgan fingerprint density at radius 3 is 1.58 bits per heavy atom. The van der Waals surface area contributed by atoms with E-state index in [0.717, 1.165) is 12.7 Å².